The third kappa shape index (κ3) is 5.43. The van der Waals surface area contributed by atoms with Crippen molar-refractivity contribution < 1.29 is 42.8 Å². The molecule has 12 nitrogen and oxygen atoms in total. The highest BCUT2D eigenvalue weighted by Crippen LogP contribution is 2.36. The van der Waals surface area contributed by atoms with E-state index in [2.05, 4.69) is 4.18 Å². The summed E-state index contributed by atoms with van der Waals surface area (Å²) in [6, 6.07) is 1.28. The summed E-state index contributed by atoms with van der Waals surface area (Å²) >= 11 is -4.16. The Hall–Kier alpha value is -1.14. The van der Waals surface area contributed by atoms with Gasteiger partial charge in [-0.3, -0.25) is 17.6 Å². The van der Waals surface area contributed by atoms with E-state index in [1.54, 1.807) is 0 Å². The van der Waals surface area contributed by atoms with Gasteiger partial charge in [-0.15, -0.1) is 0 Å². The molecule has 0 saturated heterocycles. The zero-order valence-corrected chi connectivity index (χ0v) is 17.1. The predicted octanol–water partition coefficient (Wildman–Crippen LogP) is -0.497. The number of rotatable bonds is 8. The Kier molecular flexibility index (Phi) is 7.27. The second-order valence-corrected chi connectivity index (χ2v) is 9.64. The van der Waals surface area contributed by atoms with Crippen LogP contribution in [0.25, 0.3) is 0 Å². The molecule has 0 bridgehead atoms. The predicted molar refractivity (Wildman–Crippen MR) is 93.2 cm³/mol. The second-order valence-electron chi connectivity index (χ2n) is 4.59. The van der Waals surface area contributed by atoms with Gasteiger partial charge in [-0.05, 0) is 12.1 Å². The van der Waals surface area contributed by atoms with Crippen LogP contribution in [0.2, 0.25) is 0 Å². The minimum Gasteiger partial charge on any atom is -0.282 e. The first-order valence-electron chi connectivity index (χ1n) is 6.28. The summed E-state index contributed by atoms with van der Waals surface area (Å²) in [5.41, 5.74) is -1.09. The molecule has 0 saturated carbocycles. The minimum absolute atomic E-state index is 0.546. The van der Waals surface area contributed by atoms with Crippen LogP contribution in [-0.2, 0) is 51.1 Å². The zero-order chi connectivity index (χ0) is 20.4. The topological polar surface area (TPSA) is 168 Å². The van der Waals surface area contributed by atoms with Gasteiger partial charge in [-0.1, -0.05) is 0 Å². The summed E-state index contributed by atoms with van der Waals surface area (Å²) in [6.07, 6.45) is 1.11. The van der Waals surface area contributed by atoms with E-state index in [1.807, 2.05) is 0 Å². The van der Waals surface area contributed by atoms with Crippen LogP contribution in [0.4, 0.5) is 11.4 Å². The maximum absolute atomic E-state index is 11.8. The van der Waals surface area contributed by atoms with Gasteiger partial charge in [-0.2, -0.15) is 21.1 Å². The van der Waals surface area contributed by atoms with E-state index >= 15 is 0 Å². The van der Waals surface area contributed by atoms with Crippen LogP contribution in [-0.4, -0.2) is 61.8 Å². The fourth-order valence-corrected chi connectivity index (χ4v) is 4.25. The molecular formula is C10H16N2O10S4. The van der Waals surface area contributed by atoms with Gasteiger partial charge in [-0.25, -0.2) is 13.5 Å². The highest BCUT2D eigenvalue weighted by Gasteiger charge is 2.29. The van der Waals surface area contributed by atoms with E-state index in [0.29, 0.717) is 21.5 Å². The summed E-state index contributed by atoms with van der Waals surface area (Å²) in [5, 5.41) is 0.630. The van der Waals surface area contributed by atoms with Crippen LogP contribution in [0.1, 0.15) is 0 Å². The summed E-state index contributed by atoms with van der Waals surface area (Å²) < 4.78 is 98.5. The third-order valence-electron chi connectivity index (χ3n) is 2.86. The maximum Gasteiger partial charge on any atom is 0.296 e. The highest BCUT2D eigenvalue weighted by atomic mass is 32.2. The van der Waals surface area contributed by atoms with Gasteiger partial charge >= 0.3 is 0 Å². The lowest BCUT2D eigenvalue weighted by Gasteiger charge is -2.23. The summed E-state index contributed by atoms with van der Waals surface area (Å²) in [7, 11) is -6.64. The lowest BCUT2D eigenvalue weighted by molar-refractivity contribution is 0.333. The Balaban J connectivity index is 3.89. The molecule has 0 aliphatic rings. The van der Waals surface area contributed by atoms with Crippen molar-refractivity contribution in [2.75, 3.05) is 36.8 Å². The fraction of sp³-hybridized carbons (Fsp3) is 0.400. The van der Waals surface area contributed by atoms with Crippen molar-refractivity contribution in [3.8, 4) is 0 Å². The first kappa shape index (κ1) is 22.9. The van der Waals surface area contributed by atoms with E-state index in [-0.39, 0.29) is 0 Å². The molecule has 0 spiro atoms. The van der Waals surface area contributed by atoms with Crippen molar-refractivity contribution in [3.63, 3.8) is 0 Å². The first-order chi connectivity index (χ1) is 11.7. The number of anilines is 2. The van der Waals surface area contributed by atoms with E-state index in [4.69, 9.17) is 4.28 Å². The van der Waals surface area contributed by atoms with Gasteiger partial charge in [0.2, 0.25) is 0 Å². The molecular weight excluding hydrogens is 436 g/mol. The first-order valence-corrected chi connectivity index (χ1v) is 11.7. The van der Waals surface area contributed by atoms with Crippen molar-refractivity contribution in [2.45, 2.75) is 9.79 Å². The van der Waals surface area contributed by atoms with Gasteiger partial charge in [0.05, 0.1) is 18.5 Å². The molecule has 0 heterocycles. The monoisotopic (exact) mass is 452 g/mol. The normalized spacial score (nSPS) is 14.7. The van der Waals surface area contributed by atoms with Crippen molar-refractivity contribution in [3.05, 3.63) is 12.1 Å². The highest BCUT2D eigenvalue weighted by molar-refractivity contribution is 7.86. The summed E-state index contributed by atoms with van der Waals surface area (Å²) in [6.45, 7) is 0. The second kappa shape index (κ2) is 8.26. The molecule has 26 heavy (non-hydrogen) atoms. The standard InChI is InChI=1S/C10H16N2O10S4/c1-11(22-23(4)13)7-5-10(26(18,19)20)8(12(2)24(14)21-3)6-9(7)25(15,16)17/h5-6H,1-4H3,(H,15,16,17)(H,18,19,20). The van der Waals surface area contributed by atoms with Crippen LogP contribution in [0.3, 0.4) is 0 Å². The van der Waals surface area contributed by atoms with E-state index in [9.17, 15) is 34.4 Å². The van der Waals surface area contributed by atoms with Crippen LogP contribution in [0.5, 0.6) is 0 Å². The van der Waals surface area contributed by atoms with Gasteiger partial charge < -0.3 is 0 Å². The summed E-state index contributed by atoms with van der Waals surface area (Å²) in [5.74, 6) is 0. The van der Waals surface area contributed by atoms with Crippen molar-refractivity contribution in [1.29, 1.82) is 0 Å². The van der Waals surface area contributed by atoms with Gasteiger partial charge in [0.25, 0.3) is 31.5 Å². The third-order valence-corrected chi connectivity index (χ3v) is 5.99. The summed E-state index contributed by atoms with van der Waals surface area (Å²) in [4.78, 5) is -1.71. The molecule has 150 valence electrons. The van der Waals surface area contributed by atoms with Crippen LogP contribution in [0, 0.1) is 0 Å². The SMILES string of the molecule is COS(=O)N(C)c1cc(S(=O)(=O)O)c(N(C)OS(C)=O)cc1S(=O)(=O)O. The van der Waals surface area contributed by atoms with Gasteiger partial charge in [0.1, 0.15) is 9.79 Å². The number of benzene rings is 1. The molecule has 1 aromatic rings. The van der Waals surface area contributed by atoms with Gasteiger partial charge in [0.15, 0.2) is 11.1 Å². The molecule has 2 N–H and O–H groups in total. The van der Waals surface area contributed by atoms with Crippen molar-refractivity contribution in [1.82, 2.24) is 0 Å². The average molecular weight is 453 g/mol. The molecule has 2 atom stereocenters. The number of nitrogens with zero attached hydrogens (tertiary/aromatic N) is 2. The molecule has 16 heteroatoms. The van der Waals surface area contributed by atoms with E-state index in [1.165, 1.54) is 0 Å². The quantitative estimate of drug-likeness (QED) is 0.385. The molecule has 0 aromatic heterocycles. The molecule has 0 fully saturated rings. The molecule has 0 radical (unpaired) electrons. The average Bonchev–Trinajstić information content (AvgIpc) is 2.49. The lowest BCUT2D eigenvalue weighted by Crippen LogP contribution is -2.26. The lowest BCUT2D eigenvalue weighted by atomic mass is 10.2. The molecule has 1 aromatic carbocycles. The Morgan fingerprint density at radius 3 is 1.77 bits per heavy atom. The van der Waals surface area contributed by atoms with Crippen molar-refractivity contribution >= 4 is 54.0 Å². The molecule has 0 amide bonds. The van der Waals surface area contributed by atoms with Crippen molar-refractivity contribution in [2.24, 2.45) is 0 Å². The van der Waals surface area contributed by atoms with Gasteiger partial charge in [0, 0.05) is 20.4 Å². The van der Waals surface area contributed by atoms with Crippen LogP contribution < -0.4 is 9.37 Å². The van der Waals surface area contributed by atoms with E-state index in [0.717, 1.165) is 27.5 Å². The minimum atomic E-state index is -4.93. The molecule has 0 aliphatic heterocycles. The Morgan fingerprint density at radius 1 is 0.962 bits per heavy atom. The Labute approximate surface area is 155 Å². The molecule has 2 unspecified atom stereocenters. The Morgan fingerprint density at radius 2 is 1.38 bits per heavy atom. The maximum atomic E-state index is 11.8. The molecule has 0 aliphatic carbocycles. The van der Waals surface area contributed by atoms with E-state index < -0.39 is 63.7 Å². The smallest absolute Gasteiger partial charge is 0.282 e. The zero-order valence-electron chi connectivity index (χ0n) is 13.8. The number of hydrogen-bond donors (Lipinski definition) is 2. The Bertz CT molecular complexity index is 943. The van der Waals surface area contributed by atoms with Crippen LogP contribution >= 0.6 is 0 Å². The fourth-order valence-electron chi connectivity index (χ4n) is 1.83. The number of hydrogen-bond acceptors (Lipinski definition) is 9. The largest absolute Gasteiger partial charge is 0.296 e. The van der Waals surface area contributed by atoms with Crippen LogP contribution in [0.15, 0.2) is 21.9 Å². The molecule has 1 rings (SSSR count). The number of hydroxylamine groups is 1.